The Morgan fingerprint density at radius 2 is 1.92 bits per heavy atom. The molecule has 0 spiro atoms. The number of benzene rings is 1. The van der Waals surface area contributed by atoms with E-state index >= 15 is 0 Å². The van der Waals surface area contributed by atoms with Crippen molar-refractivity contribution in [3.05, 3.63) is 29.8 Å². The Morgan fingerprint density at radius 1 is 1.20 bits per heavy atom. The molecule has 0 bridgehead atoms. The van der Waals surface area contributed by atoms with Crippen LogP contribution in [-0.2, 0) is 15.8 Å². The van der Waals surface area contributed by atoms with E-state index in [1.165, 1.54) is 12.1 Å². The number of hydrogen-bond acceptors (Lipinski definition) is 3. The highest BCUT2D eigenvalue weighted by Gasteiger charge is 2.30. The van der Waals surface area contributed by atoms with Crippen LogP contribution in [0.1, 0.15) is 44.6 Å². The molecule has 5 nitrogen and oxygen atoms in total. The standard InChI is InChI=1S/C17H23F3N2O3/c1-2-3-4-5-9-21-14(16(24)25)11-15(23)22-13-8-6-7-12(10-13)17(18,19)20/h6-8,10,14,21H,2-5,9,11H2,1H3,(H,22,23)(H,24,25). The van der Waals surface area contributed by atoms with Gasteiger partial charge in [0, 0.05) is 5.69 Å². The van der Waals surface area contributed by atoms with Gasteiger partial charge in [0.2, 0.25) is 5.91 Å². The molecule has 0 fully saturated rings. The number of carbonyl (C=O) groups excluding carboxylic acids is 1. The van der Waals surface area contributed by atoms with E-state index in [0.29, 0.717) is 6.54 Å². The molecular formula is C17H23F3N2O3. The van der Waals surface area contributed by atoms with Crippen molar-refractivity contribution in [1.82, 2.24) is 5.32 Å². The molecule has 0 aliphatic carbocycles. The number of hydrogen-bond donors (Lipinski definition) is 3. The van der Waals surface area contributed by atoms with Crippen molar-refractivity contribution in [3.8, 4) is 0 Å². The van der Waals surface area contributed by atoms with E-state index in [1.54, 1.807) is 0 Å². The molecule has 0 saturated heterocycles. The van der Waals surface area contributed by atoms with Gasteiger partial charge < -0.3 is 15.7 Å². The van der Waals surface area contributed by atoms with Crippen LogP contribution in [0.3, 0.4) is 0 Å². The van der Waals surface area contributed by atoms with Crippen LogP contribution in [0.4, 0.5) is 18.9 Å². The number of amides is 1. The zero-order valence-electron chi connectivity index (χ0n) is 14.0. The normalized spacial score (nSPS) is 12.6. The third-order valence-electron chi connectivity index (χ3n) is 3.58. The van der Waals surface area contributed by atoms with Crippen LogP contribution in [0.5, 0.6) is 0 Å². The summed E-state index contributed by atoms with van der Waals surface area (Å²) < 4.78 is 37.9. The smallest absolute Gasteiger partial charge is 0.416 e. The lowest BCUT2D eigenvalue weighted by atomic mass is 10.1. The summed E-state index contributed by atoms with van der Waals surface area (Å²) in [5.41, 5.74) is -0.902. The Morgan fingerprint density at radius 3 is 2.52 bits per heavy atom. The van der Waals surface area contributed by atoms with E-state index in [1.807, 2.05) is 0 Å². The molecule has 8 heteroatoms. The number of aliphatic carboxylic acids is 1. The van der Waals surface area contributed by atoms with Crippen LogP contribution in [0.25, 0.3) is 0 Å². The van der Waals surface area contributed by atoms with E-state index in [9.17, 15) is 22.8 Å². The number of rotatable bonds is 10. The summed E-state index contributed by atoms with van der Waals surface area (Å²) >= 11 is 0. The first-order valence-corrected chi connectivity index (χ1v) is 8.17. The Hall–Kier alpha value is -2.09. The van der Waals surface area contributed by atoms with Crippen molar-refractivity contribution in [1.29, 1.82) is 0 Å². The fourth-order valence-electron chi connectivity index (χ4n) is 2.25. The van der Waals surface area contributed by atoms with Gasteiger partial charge in [0.1, 0.15) is 6.04 Å². The van der Waals surface area contributed by atoms with Gasteiger partial charge in [-0.3, -0.25) is 9.59 Å². The third-order valence-corrected chi connectivity index (χ3v) is 3.58. The van der Waals surface area contributed by atoms with Gasteiger partial charge in [-0.15, -0.1) is 0 Å². The van der Waals surface area contributed by atoms with Gasteiger partial charge in [-0.1, -0.05) is 32.3 Å². The second-order valence-corrected chi connectivity index (χ2v) is 5.74. The van der Waals surface area contributed by atoms with Gasteiger partial charge in [0.15, 0.2) is 0 Å². The van der Waals surface area contributed by atoms with Crippen molar-refractivity contribution >= 4 is 17.6 Å². The molecule has 25 heavy (non-hydrogen) atoms. The maximum absolute atomic E-state index is 12.6. The maximum atomic E-state index is 12.6. The fourth-order valence-corrected chi connectivity index (χ4v) is 2.25. The summed E-state index contributed by atoms with van der Waals surface area (Å²) in [5.74, 6) is -1.83. The maximum Gasteiger partial charge on any atom is 0.416 e. The minimum absolute atomic E-state index is 0.0214. The highest BCUT2D eigenvalue weighted by molar-refractivity contribution is 5.94. The molecule has 0 radical (unpaired) electrons. The van der Waals surface area contributed by atoms with Crippen molar-refractivity contribution in [2.24, 2.45) is 0 Å². The summed E-state index contributed by atoms with van der Waals surface area (Å²) in [7, 11) is 0. The SMILES string of the molecule is CCCCCCNC(CC(=O)Nc1cccc(C(F)(F)F)c1)C(=O)O. The number of halogens is 3. The summed E-state index contributed by atoms with van der Waals surface area (Å²) in [4.78, 5) is 23.1. The molecule has 0 aliphatic heterocycles. The highest BCUT2D eigenvalue weighted by atomic mass is 19.4. The summed E-state index contributed by atoms with van der Waals surface area (Å²) in [6, 6.07) is 3.13. The zero-order valence-corrected chi connectivity index (χ0v) is 14.0. The van der Waals surface area contributed by atoms with Gasteiger partial charge in [-0.25, -0.2) is 0 Å². The predicted molar refractivity (Wildman–Crippen MR) is 88.3 cm³/mol. The lowest BCUT2D eigenvalue weighted by Gasteiger charge is -2.15. The van der Waals surface area contributed by atoms with Crippen molar-refractivity contribution in [2.45, 2.75) is 51.2 Å². The Labute approximate surface area is 144 Å². The van der Waals surface area contributed by atoms with Gasteiger partial charge >= 0.3 is 12.1 Å². The van der Waals surface area contributed by atoms with Crippen LogP contribution in [-0.4, -0.2) is 29.6 Å². The first kappa shape index (κ1) is 21.0. The lowest BCUT2D eigenvalue weighted by Crippen LogP contribution is -2.40. The number of carbonyl (C=O) groups is 2. The summed E-state index contributed by atoms with van der Waals surface area (Å²) in [6.07, 6.45) is -1.000. The Bertz CT molecular complexity index is 577. The van der Waals surface area contributed by atoms with E-state index in [-0.39, 0.29) is 12.1 Å². The third kappa shape index (κ3) is 8.02. The molecule has 1 amide bonds. The summed E-state index contributed by atoms with van der Waals surface area (Å²) in [5, 5.41) is 14.2. The van der Waals surface area contributed by atoms with Crippen LogP contribution in [0, 0.1) is 0 Å². The average Bonchev–Trinajstić information content (AvgIpc) is 2.52. The van der Waals surface area contributed by atoms with Crippen LogP contribution < -0.4 is 10.6 Å². The molecule has 140 valence electrons. The van der Waals surface area contributed by atoms with E-state index < -0.39 is 29.7 Å². The second-order valence-electron chi connectivity index (χ2n) is 5.74. The number of alkyl halides is 3. The Kier molecular flexibility index (Phi) is 8.40. The molecule has 1 unspecified atom stereocenters. The van der Waals surface area contributed by atoms with Crippen molar-refractivity contribution in [2.75, 3.05) is 11.9 Å². The molecule has 0 aliphatic rings. The molecule has 0 saturated carbocycles. The minimum atomic E-state index is -4.51. The number of carboxylic acids is 1. The topological polar surface area (TPSA) is 78.4 Å². The number of carboxylic acid groups (broad SMARTS) is 1. The zero-order chi connectivity index (χ0) is 18.9. The number of anilines is 1. The fraction of sp³-hybridized carbons (Fsp3) is 0.529. The van der Waals surface area contributed by atoms with Crippen LogP contribution >= 0.6 is 0 Å². The highest BCUT2D eigenvalue weighted by Crippen LogP contribution is 2.30. The van der Waals surface area contributed by atoms with E-state index in [0.717, 1.165) is 37.8 Å². The van der Waals surface area contributed by atoms with Gasteiger partial charge in [0.05, 0.1) is 12.0 Å². The quantitative estimate of drug-likeness (QED) is 0.557. The second kappa shape index (κ2) is 10.0. The molecule has 1 atom stereocenters. The van der Waals surface area contributed by atoms with Gasteiger partial charge in [0.25, 0.3) is 0 Å². The predicted octanol–water partition coefficient (Wildman–Crippen LogP) is 3.66. The summed E-state index contributed by atoms with van der Waals surface area (Å²) in [6.45, 7) is 2.53. The Balaban J connectivity index is 2.56. The average molecular weight is 360 g/mol. The molecular weight excluding hydrogens is 337 g/mol. The molecule has 1 aromatic rings. The monoisotopic (exact) mass is 360 g/mol. The van der Waals surface area contributed by atoms with Crippen LogP contribution in [0.2, 0.25) is 0 Å². The van der Waals surface area contributed by atoms with Crippen molar-refractivity contribution < 1.29 is 27.9 Å². The molecule has 0 aromatic heterocycles. The first-order chi connectivity index (χ1) is 11.7. The van der Waals surface area contributed by atoms with Crippen molar-refractivity contribution in [3.63, 3.8) is 0 Å². The van der Waals surface area contributed by atoms with Crippen LogP contribution in [0.15, 0.2) is 24.3 Å². The first-order valence-electron chi connectivity index (χ1n) is 8.17. The number of unbranched alkanes of at least 4 members (excludes halogenated alkanes) is 3. The molecule has 3 N–H and O–H groups in total. The minimum Gasteiger partial charge on any atom is -0.480 e. The molecule has 1 aromatic carbocycles. The van der Waals surface area contributed by atoms with E-state index in [2.05, 4.69) is 17.6 Å². The molecule has 1 rings (SSSR count). The van der Waals surface area contributed by atoms with Gasteiger partial charge in [-0.2, -0.15) is 13.2 Å². The van der Waals surface area contributed by atoms with E-state index in [4.69, 9.17) is 5.11 Å². The lowest BCUT2D eigenvalue weighted by molar-refractivity contribution is -0.141. The largest absolute Gasteiger partial charge is 0.480 e. The van der Waals surface area contributed by atoms with Gasteiger partial charge in [-0.05, 0) is 31.2 Å². The number of nitrogens with one attached hydrogen (secondary N) is 2. The molecule has 0 heterocycles.